The van der Waals surface area contributed by atoms with Gasteiger partial charge in [0.05, 0.1) is 6.20 Å². The molecular formula is C23H22N3S+. The van der Waals surface area contributed by atoms with Gasteiger partial charge in [0.15, 0.2) is 10.7 Å². The van der Waals surface area contributed by atoms with Gasteiger partial charge in [-0.25, -0.2) is 9.48 Å². The molecule has 3 nitrogen and oxygen atoms in total. The molecule has 1 aliphatic carbocycles. The molecular weight excluding hydrogens is 350 g/mol. The fourth-order valence-electron chi connectivity index (χ4n) is 4.01. The summed E-state index contributed by atoms with van der Waals surface area (Å²) in [6.07, 6.45) is 8.95. The van der Waals surface area contributed by atoms with Crippen LogP contribution in [0.3, 0.4) is 0 Å². The number of benzene rings is 2. The van der Waals surface area contributed by atoms with E-state index in [0.29, 0.717) is 10.5 Å². The zero-order chi connectivity index (χ0) is 18.4. The minimum absolute atomic E-state index is 0.551. The van der Waals surface area contributed by atoms with E-state index in [-0.39, 0.29) is 0 Å². The minimum atomic E-state index is 0.551. The van der Waals surface area contributed by atoms with Crippen LogP contribution in [-0.4, -0.2) is 27.7 Å². The van der Waals surface area contributed by atoms with Crippen LogP contribution in [0.25, 0.3) is 11.4 Å². The monoisotopic (exact) mass is 372 g/mol. The maximum absolute atomic E-state index is 4.97. The summed E-state index contributed by atoms with van der Waals surface area (Å²) in [5.41, 5.74) is 6.00. The number of hydrogen-bond acceptors (Lipinski definition) is 3. The lowest BCUT2D eigenvalue weighted by atomic mass is 10.1. The average Bonchev–Trinajstić information content (AvgIpc) is 3.50. The summed E-state index contributed by atoms with van der Waals surface area (Å²) in [5, 5.41) is 1.03. The molecule has 0 spiro atoms. The quantitative estimate of drug-likeness (QED) is 0.657. The first-order valence-corrected chi connectivity index (χ1v) is 10.6. The van der Waals surface area contributed by atoms with Crippen molar-refractivity contribution in [3.8, 4) is 0 Å². The van der Waals surface area contributed by atoms with Crippen LogP contribution in [0.5, 0.6) is 0 Å². The second-order valence-electron chi connectivity index (χ2n) is 7.34. The number of aryl methyl sites for hydroxylation is 1. The number of aliphatic imine (C=N–C) groups is 2. The van der Waals surface area contributed by atoms with Crippen LogP contribution < -0.4 is 0 Å². The van der Waals surface area contributed by atoms with Gasteiger partial charge in [-0.2, -0.15) is 4.99 Å². The molecule has 27 heavy (non-hydrogen) atoms. The number of nitrogens with zero attached hydrogens (tertiary/aromatic N) is 3. The Hall–Kier alpha value is -2.43. The lowest BCUT2D eigenvalue weighted by Gasteiger charge is -2.36. The lowest BCUT2D eigenvalue weighted by Crippen LogP contribution is -2.50. The topological polar surface area (TPSA) is 24.7 Å². The van der Waals surface area contributed by atoms with Crippen molar-refractivity contribution in [1.29, 1.82) is 0 Å². The van der Waals surface area contributed by atoms with Gasteiger partial charge >= 0.3 is 0 Å². The Kier molecular flexibility index (Phi) is 3.92. The van der Waals surface area contributed by atoms with Crippen LogP contribution in [0.1, 0.15) is 29.5 Å². The van der Waals surface area contributed by atoms with Crippen molar-refractivity contribution in [1.82, 2.24) is 0 Å². The van der Waals surface area contributed by atoms with Gasteiger partial charge in [-0.05, 0) is 25.3 Å². The van der Waals surface area contributed by atoms with Crippen molar-refractivity contribution in [2.75, 3.05) is 6.26 Å². The summed E-state index contributed by atoms with van der Waals surface area (Å²) in [6.45, 7) is 2.13. The van der Waals surface area contributed by atoms with Crippen LogP contribution in [0.4, 0.5) is 0 Å². The van der Waals surface area contributed by atoms with Crippen molar-refractivity contribution in [2.45, 2.75) is 25.8 Å². The molecule has 1 saturated carbocycles. The third kappa shape index (κ3) is 2.63. The first kappa shape index (κ1) is 16.7. The average molecular weight is 373 g/mol. The van der Waals surface area contributed by atoms with E-state index in [1.165, 1.54) is 29.7 Å². The SMILES string of the molecule is CSC1=NC(c2ccccc2)=C[N+]2(C3CC3)C(c3ccc(C)cc3)=CN=C12. The van der Waals surface area contributed by atoms with E-state index in [1.807, 2.05) is 0 Å². The van der Waals surface area contributed by atoms with Gasteiger partial charge in [0.1, 0.15) is 17.9 Å². The fourth-order valence-corrected chi connectivity index (χ4v) is 4.58. The number of quaternary nitrogens is 1. The van der Waals surface area contributed by atoms with Gasteiger partial charge in [0.2, 0.25) is 0 Å². The first-order chi connectivity index (χ1) is 13.2. The molecule has 1 atom stereocenters. The Morgan fingerprint density at radius 3 is 2.37 bits per heavy atom. The summed E-state index contributed by atoms with van der Waals surface area (Å²) in [6, 6.07) is 19.9. The molecule has 0 bridgehead atoms. The Morgan fingerprint density at radius 2 is 1.70 bits per heavy atom. The highest BCUT2D eigenvalue weighted by molar-refractivity contribution is 8.15. The zero-order valence-electron chi connectivity index (χ0n) is 15.6. The van der Waals surface area contributed by atoms with Crippen LogP contribution >= 0.6 is 11.8 Å². The first-order valence-electron chi connectivity index (χ1n) is 9.38. The van der Waals surface area contributed by atoms with Crippen LogP contribution in [-0.2, 0) is 0 Å². The van der Waals surface area contributed by atoms with Gasteiger partial charge in [-0.1, -0.05) is 48.0 Å². The number of rotatable bonds is 3. The summed E-state index contributed by atoms with van der Waals surface area (Å²) in [5.74, 6) is 1.08. The van der Waals surface area contributed by atoms with E-state index in [0.717, 1.165) is 22.1 Å². The van der Waals surface area contributed by atoms with Gasteiger partial charge in [0, 0.05) is 24.0 Å². The highest BCUT2D eigenvalue weighted by atomic mass is 32.2. The van der Waals surface area contributed by atoms with Crippen molar-refractivity contribution in [3.05, 3.63) is 83.7 Å². The molecule has 0 N–H and O–H groups in total. The molecule has 4 heteroatoms. The molecule has 134 valence electrons. The Labute approximate surface area is 164 Å². The predicted octanol–water partition coefficient (Wildman–Crippen LogP) is 5.46. The minimum Gasteiger partial charge on any atom is -0.228 e. The van der Waals surface area contributed by atoms with E-state index < -0.39 is 0 Å². The summed E-state index contributed by atoms with van der Waals surface area (Å²) >= 11 is 1.69. The normalized spacial score (nSPS) is 23.9. The van der Waals surface area contributed by atoms with Crippen molar-refractivity contribution in [3.63, 3.8) is 0 Å². The van der Waals surface area contributed by atoms with Crippen LogP contribution in [0, 0.1) is 6.92 Å². The van der Waals surface area contributed by atoms with Crippen LogP contribution in [0.15, 0.2) is 77.0 Å². The molecule has 2 aliphatic heterocycles. The second-order valence-corrected chi connectivity index (χ2v) is 8.14. The molecule has 2 aromatic rings. The number of amidine groups is 1. The van der Waals surface area contributed by atoms with Crippen molar-refractivity contribution >= 4 is 34.0 Å². The number of fused-ring (bicyclic) bond motifs is 1. The number of hydrogen-bond donors (Lipinski definition) is 0. The Balaban J connectivity index is 1.70. The maximum Gasteiger partial charge on any atom is 0.270 e. The molecule has 3 aliphatic rings. The largest absolute Gasteiger partial charge is 0.270 e. The van der Waals surface area contributed by atoms with Crippen molar-refractivity contribution < 1.29 is 4.48 Å². The third-order valence-electron chi connectivity index (χ3n) is 5.53. The molecule has 0 aromatic heterocycles. The molecule has 0 saturated heterocycles. The van der Waals surface area contributed by atoms with Gasteiger partial charge in [-0.15, -0.1) is 11.8 Å². The lowest BCUT2D eigenvalue weighted by molar-refractivity contribution is -0.717. The highest BCUT2D eigenvalue weighted by Gasteiger charge is 2.56. The van der Waals surface area contributed by atoms with E-state index >= 15 is 0 Å². The zero-order valence-corrected chi connectivity index (χ0v) is 16.4. The molecule has 2 aromatic carbocycles. The summed E-state index contributed by atoms with van der Waals surface area (Å²) < 4.78 is 0.715. The summed E-state index contributed by atoms with van der Waals surface area (Å²) in [7, 11) is 0. The van der Waals surface area contributed by atoms with E-state index in [1.54, 1.807) is 11.8 Å². The summed E-state index contributed by atoms with van der Waals surface area (Å²) in [4.78, 5) is 9.85. The van der Waals surface area contributed by atoms with Crippen molar-refractivity contribution in [2.24, 2.45) is 9.98 Å². The van der Waals surface area contributed by atoms with Crippen LogP contribution in [0.2, 0.25) is 0 Å². The van der Waals surface area contributed by atoms with E-state index in [4.69, 9.17) is 9.98 Å². The molecule has 5 rings (SSSR count). The molecule has 2 heterocycles. The predicted molar refractivity (Wildman–Crippen MR) is 115 cm³/mol. The molecule has 0 amide bonds. The Morgan fingerprint density at radius 1 is 0.963 bits per heavy atom. The molecule has 0 radical (unpaired) electrons. The Bertz CT molecular complexity index is 1010. The molecule has 1 unspecified atom stereocenters. The maximum atomic E-state index is 4.97. The fraction of sp³-hybridized carbons (Fsp3) is 0.217. The van der Waals surface area contributed by atoms with Gasteiger partial charge in [-0.3, -0.25) is 0 Å². The smallest absolute Gasteiger partial charge is 0.228 e. The highest BCUT2D eigenvalue weighted by Crippen LogP contribution is 2.49. The molecule has 1 fully saturated rings. The standard InChI is InChI=1S/C23H22N3S/c1-16-8-10-18(11-9-16)21-14-24-22-23(27-2)25-20(17-6-4-3-5-7-17)15-26(21,22)19-12-13-19/h3-11,14-15,19H,12-13H2,1-2H3/q+1. The second kappa shape index (κ2) is 6.32. The van der Waals surface area contributed by atoms with E-state index in [9.17, 15) is 0 Å². The third-order valence-corrected chi connectivity index (χ3v) is 6.19. The van der Waals surface area contributed by atoms with E-state index in [2.05, 4.69) is 80.2 Å². The van der Waals surface area contributed by atoms with Gasteiger partial charge < -0.3 is 0 Å². The van der Waals surface area contributed by atoms with Gasteiger partial charge in [0.25, 0.3) is 5.84 Å². The number of thioether (sulfide) groups is 1.